The first-order valence-electron chi connectivity index (χ1n) is 4.07. The van der Waals surface area contributed by atoms with Crippen LogP contribution in [0.2, 0.25) is 0 Å². The Morgan fingerprint density at radius 3 is 3.00 bits per heavy atom. The van der Waals surface area contributed by atoms with Crippen LogP contribution in [0.1, 0.15) is 32.0 Å². The first-order valence-corrected chi connectivity index (χ1v) is 4.07. The molecule has 0 aliphatic rings. The number of nitrogens with zero attached hydrogens (tertiary/aromatic N) is 2. The third-order valence-corrected chi connectivity index (χ3v) is 1.88. The van der Waals surface area contributed by atoms with E-state index in [1.807, 2.05) is 0 Å². The molecule has 0 amide bonds. The fraction of sp³-hybridized carbons (Fsp3) is 0.500. The monoisotopic (exact) mass is 166 g/mol. The highest BCUT2D eigenvalue weighted by molar-refractivity contribution is 5.31. The maximum absolute atomic E-state index is 5.22. The summed E-state index contributed by atoms with van der Waals surface area (Å²) < 4.78 is 0. The topological polar surface area (TPSA) is 63.8 Å². The molecule has 0 saturated carbocycles. The second-order valence-corrected chi connectivity index (χ2v) is 2.75. The smallest absolute Gasteiger partial charge is 0.143 e. The van der Waals surface area contributed by atoms with Crippen molar-refractivity contribution in [3.05, 3.63) is 18.1 Å². The van der Waals surface area contributed by atoms with Gasteiger partial charge in [-0.25, -0.2) is 15.8 Å². The number of aromatic nitrogens is 2. The van der Waals surface area contributed by atoms with Gasteiger partial charge in [-0.2, -0.15) is 0 Å². The summed E-state index contributed by atoms with van der Waals surface area (Å²) in [6.45, 7) is 4.20. The fourth-order valence-corrected chi connectivity index (χ4v) is 0.874. The van der Waals surface area contributed by atoms with Crippen LogP contribution in [-0.4, -0.2) is 9.97 Å². The summed E-state index contributed by atoms with van der Waals surface area (Å²) in [6, 6.07) is 1.74. The maximum atomic E-state index is 5.22. The van der Waals surface area contributed by atoms with Crippen molar-refractivity contribution in [3.63, 3.8) is 0 Å². The molecule has 0 radical (unpaired) electrons. The summed E-state index contributed by atoms with van der Waals surface area (Å²) >= 11 is 0. The van der Waals surface area contributed by atoms with E-state index in [-0.39, 0.29) is 0 Å². The SMILES string of the molecule is CCC(C)c1nccc(NN)n1. The number of hydrazine groups is 1. The molecule has 0 saturated heterocycles. The van der Waals surface area contributed by atoms with E-state index in [2.05, 4.69) is 29.2 Å². The zero-order valence-corrected chi connectivity index (χ0v) is 7.41. The summed E-state index contributed by atoms with van der Waals surface area (Å²) in [5.41, 5.74) is 2.50. The van der Waals surface area contributed by atoms with Crippen LogP contribution in [0.15, 0.2) is 12.3 Å². The minimum Gasteiger partial charge on any atom is -0.308 e. The molecule has 3 N–H and O–H groups in total. The molecule has 0 spiro atoms. The van der Waals surface area contributed by atoms with Gasteiger partial charge < -0.3 is 5.43 Å². The summed E-state index contributed by atoms with van der Waals surface area (Å²) in [5.74, 6) is 7.11. The number of nitrogens with two attached hydrogens (primary N) is 1. The molecule has 66 valence electrons. The molecule has 1 aromatic heterocycles. The number of anilines is 1. The molecular weight excluding hydrogens is 152 g/mol. The van der Waals surface area contributed by atoms with Crippen molar-refractivity contribution in [1.29, 1.82) is 0 Å². The Hall–Kier alpha value is -1.16. The summed E-state index contributed by atoms with van der Waals surface area (Å²) in [7, 11) is 0. The molecule has 1 unspecified atom stereocenters. The van der Waals surface area contributed by atoms with E-state index in [9.17, 15) is 0 Å². The Labute approximate surface area is 72.2 Å². The summed E-state index contributed by atoms with van der Waals surface area (Å²) in [5, 5.41) is 0. The molecule has 4 nitrogen and oxygen atoms in total. The average molecular weight is 166 g/mol. The van der Waals surface area contributed by atoms with E-state index < -0.39 is 0 Å². The van der Waals surface area contributed by atoms with Crippen molar-refractivity contribution in [2.45, 2.75) is 26.2 Å². The van der Waals surface area contributed by atoms with E-state index in [0.717, 1.165) is 12.2 Å². The van der Waals surface area contributed by atoms with Crippen molar-refractivity contribution < 1.29 is 0 Å². The van der Waals surface area contributed by atoms with E-state index in [4.69, 9.17) is 5.84 Å². The van der Waals surface area contributed by atoms with Crippen molar-refractivity contribution in [1.82, 2.24) is 9.97 Å². The lowest BCUT2D eigenvalue weighted by molar-refractivity contribution is 0.679. The van der Waals surface area contributed by atoms with Gasteiger partial charge in [0.05, 0.1) is 0 Å². The summed E-state index contributed by atoms with van der Waals surface area (Å²) in [4.78, 5) is 8.37. The number of hydrogen-bond donors (Lipinski definition) is 2. The maximum Gasteiger partial charge on any atom is 0.143 e. The molecule has 1 rings (SSSR count). The van der Waals surface area contributed by atoms with Crippen LogP contribution in [0.3, 0.4) is 0 Å². The van der Waals surface area contributed by atoms with Gasteiger partial charge in [0.1, 0.15) is 11.6 Å². The van der Waals surface area contributed by atoms with Crippen molar-refractivity contribution >= 4 is 5.82 Å². The van der Waals surface area contributed by atoms with Crippen LogP contribution in [0, 0.1) is 0 Å². The van der Waals surface area contributed by atoms with Gasteiger partial charge in [0, 0.05) is 18.2 Å². The molecule has 0 aliphatic heterocycles. The van der Waals surface area contributed by atoms with Gasteiger partial charge in [-0.05, 0) is 6.42 Å². The zero-order chi connectivity index (χ0) is 8.97. The van der Waals surface area contributed by atoms with Crippen LogP contribution < -0.4 is 11.3 Å². The number of nitrogens with one attached hydrogen (secondary N) is 1. The Morgan fingerprint density at radius 1 is 1.67 bits per heavy atom. The van der Waals surface area contributed by atoms with Gasteiger partial charge in [-0.3, -0.25) is 0 Å². The third kappa shape index (κ3) is 1.92. The van der Waals surface area contributed by atoms with E-state index >= 15 is 0 Å². The molecule has 0 aromatic carbocycles. The Bertz CT molecular complexity index is 249. The third-order valence-electron chi connectivity index (χ3n) is 1.88. The molecule has 0 bridgehead atoms. The molecule has 1 aromatic rings. The van der Waals surface area contributed by atoms with E-state index in [1.54, 1.807) is 12.3 Å². The molecule has 0 aliphatic carbocycles. The second-order valence-electron chi connectivity index (χ2n) is 2.75. The molecule has 4 heteroatoms. The molecule has 12 heavy (non-hydrogen) atoms. The van der Waals surface area contributed by atoms with Gasteiger partial charge in [0.15, 0.2) is 0 Å². The average Bonchev–Trinajstić information content (AvgIpc) is 2.17. The van der Waals surface area contributed by atoms with Gasteiger partial charge >= 0.3 is 0 Å². The quantitative estimate of drug-likeness (QED) is 0.524. The van der Waals surface area contributed by atoms with Crippen LogP contribution in [-0.2, 0) is 0 Å². The molecule has 1 atom stereocenters. The Kier molecular flexibility index (Phi) is 2.99. The fourth-order valence-electron chi connectivity index (χ4n) is 0.874. The lowest BCUT2D eigenvalue weighted by atomic mass is 10.1. The minimum absolute atomic E-state index is 0.387. The Morgan fingerprint density at radius 2 is 2.42 bits per heavy atom. The van der Waals surface area contributed by atoms with Crippen LogP contribution >= 0.6 is 0 Å². The Balaban J connectivity index is 2.86. The van der Waals surface area contributed by atoms with Gasteiger partial charge in [-0.15, -0.1) is 0 Å². The van der Waals surface area contributed by atoms with Crippen LogP contribution in [0.5, 0.6) is 0 Å². The lowest BCUT2D eigenvalue weighted by Gasteiger charge is -2.07. The predicted octanol–water partition coefficient (Wildman–Crippen LogP) is 1.28. The highest BCUT2D eigenvalue weighted by atomic mass is 15.3. The normalized spacial score (nSPS) is 12.6. The zero-order valence-electron chi connectivity index (χ0n) is 7.41. The largest absolute Gasteiger partial charge is 0.308 e. The van der Waals surface area contributed by atoms with Crippen molar-refractivity contribution in [3.8, 4) is 0 Å². The minimum atomic E-state index is 0.387. The number of hydrogen-bond acceptors (Lipinski definition) is 4. The standard InChI is InChI=1S/C8H14N4/c1-3-6(2)8-10-5-4-7(11-8)12-9/h4-6H,3,9H2,1-2H3,(H,10,11,12). The first-order chi connectivity index (χ1) is 5.77. The second kappa shape index (κ2) is 4.01. The van der Waals surface area contributed by atoms with Gasteiger partial charge in [0.25, 0.3) is 0 Å². The molecule has 1 heterocycles. The highest BCUT2D eigenvalue weighted by Crippen LogP contribution is 2.14. The molecular formula is C8H14N4. The van der Waals surface area contributed by atoms with E-state index in [1.165, 1.54) is 0 Å². The lowest BCUT2D eigenvalue weighted by Crippen LogP contribution is -2.10. The highest BCUT2D eigenvalue weighted by Gasteiger charge is 2.05. The number of nitrogen functional groups attached to an aromatic ring is 1. The van der Waals surface area contributed by atoms with Crippen LogP contribution in [0.4, 0.5) is 5.82 Å². The van der Waals surface area contributed by atoms with Crippen molar-refractivity contribution in [2.75, 3.05) is 5.43 Å². The molecule has 0 fully saturated rings. The van der Waals surface area contributed by atoms with Crippen LogP contribution in [0.25, 0.3) is 0 Å². The predicted molar refractivity (Wildman–Crippen MR) is 48.5 cm³/mol. The van der Waals surface area contributed by atoms with E-state index in [0.29, 0.717) is 11.7 Å². The van der Waals surface area contributed by atoms with Gasteiger partial charge in [0.2, 0.25) is 0 Å². The summed E-state index contributed by atoms with van der Waals surface area (Å²) in [6.07, 6.45) is 2.75. The number of rotatable bonds is 3. The van der Waals surface area contributed by atoms with Gasteiger partial charge in [-0.1, -0.05) is 13.8 Å². The van der Waals surface area contributed by atoms with Crippen molar-refractivity contribution in [2.24, 2.45) is 5.84 Å². The first kappa shape index (κ1) is 8.93.